The molecule has 156 valence electrons. The predicted molar refractivity (Wildman–Crippen MR) is 121 cm³/mol. The lowest BCUT2D eigenvalue weighted by Crippen LogP contribution is -2.45. The molecule has 1 aliphatic heterocycles. The number of urea groups is 2. The summed E-state index contributed by atoms with van der Waals surface area (Å²) in [6.45, 7) is 0. The second kappa shape index (κ2) is 9.21. The Balaban J connectivity index is 1.50. The summed E-state index contributed by atoms with van der Waals surface area (Å²) in [7, 11) is 0. The van der Waals surface area contributed by atoms with Gasteiger partial charge in [0.2, 0.25) is 0 Å². The number of hydrazone groups is 1. The first-order valence-corrected chi connectivity index (χ1v) is 11.0. The van der Waals surface area contributed by atoms with Crippen molar-refractivity contribution in [1.82, 2.24) is 10.3 Å². The molecule has 3 N–H and O–H groups in total. The topological polar surface area (TPSA) is 85.8 Å². The molecule has 30 heavy (non-hydrogen) atoms. The smallest absolute Gasteiger partial charge is 0.308 e. The summed E-state index contributed by atoms with van der Waals surface area (Å²) in [5, 5.41) is 15.0. The fourth-order valence-corrected chi connectivity index (χ4v) is 5.11. The number of nitrogens with one attached hydrogen (secondary N) is 3. The first-order chi connectivity index (χ1) is 14.6. The van der Waals surface area contributed by atoms with E-state index in [9.17, 15) is 9.59 Å². The zero-order valence-corrected chi connectivity index (χ0v) is 17.5. The number of para-hydroxylation sites is 2. The molecule has 0 atom stereocenters. The van der Waals surface area contributed by atoms with Gasteiger partial charge in [0, 0.05) is 11.4 Å². The quantitative estimate of drug-likeness (QED) is 0.604. The SMILES string of the molecule is O=C(NC1=NN(C(=O)Nc2ccccc2)C2(CCCCCC2)S1)Nc1ccccc1. The molecule has 7 nitrogen and oxygen atoms in total. The summed E-state index contributed by atoms with van der Waals surface area (Å²) in [5.74, 6) is 0. The second-order valence-electron chi connectivity index (χ2n) is 7.42. The number of hydrogen-bond acceptors (Lipinski definition) is 4. The zero-order valence-electron chi connectivity index (χ0n) is 16.6. The van der Waals surface area contributed by atoms with E-state index < -0.39 is 4.87 Å². The maximum atomic E-state index is 13.1. The molecular weight excluding hydrogens is 398 g/mol. The number of thioether (sulfide) groups is 1. The third kappa shape index (κ3) is 4.76. The van der Waals surface area contributed by atoms with E-state index in [1.54, 1.807) is 0 Å². The second-order valence-corrected chi connectivity index (χ2v) is 8.77. The van der Waals surface area contributed by atoms with Crippen molar-refractivity contribution < 1.29 is 9.59 Å². The molecule has 0 aromatic heterocycles. The van der Waals surface area contributed by atoms with Gasteiger partial charge in [-0.1, -0.05) is 73.8 Å². The normalized spacial score (nSPS) is 17.7. The Bertz CT molecular complexity index is 912. The molecular formula is C22H25N5O2S. The van der Waals surface area contributed by atoms with Crippen LogP contribution < -0.4 is 16.0 Å². The van der Waals surface area contributed by atoms with Crippen LogP contribution in [0.1, 0.15) is 38.5 Å². The van der Waals surface area contributed by atoms with E-state index in [4.69, 9.17) is 0 Å². The molecule has 0 unspecified atom stereocenters. The lowest BCUT2D eigenvalue weighted by atomic mass is 10.1. The van der Waals surface area contributed by atoms with E-state index in [-0.39, 0.29) is 12.1 Å². The van der Waals surface area contributed by atoms with Gasteiger partial charge in [0.05, 0.1) is 0 Å². The Kier molecular flexibility index (Phi) is 6.23. The lowest BCUT2D eigenvalue weighted by molar-refractivity contribution is 0.172. The van der Waals surface area contributed by atoms with Gasteiger partial charge in [-0.15, -0.1) is 5.10 Å². The third-order valence-corrected chi connectivity index (χ3v) is 6.56. The summed E-state index contributed by atoms with van der Waals surface area (Å²) in [4.78, 5) is 25.1. The average molecular weight is 424 g/mol. The lowest BCUT2D eigenvalue weighted by Gasteiger charge is -2.34. The maximum absolute atomic E-state index is 13.1. The summed E-state index contributed by atoms with van der Waals surface area (Å²) in [5.41, 5.74) is 1.41. The first-order valence-electron chi connectivity index (χ1n) is 10.2. The molecule has 8 heteroatoms. The van der Waals surface area contributed by atoms with Crippen molar-refractivity contribution in [3.05, 3.63) is 60.7 Å². The van der Waals surface area contributed by atoms with Gasteiger partial charge in [-0.05, 0) is 37.1 Å². The molecule has 4 amide bonds. The summed E-state index contributed by atoms with van der Waals surface area (Å²) < 4.78 is 0. The molecule has 2 aliphatic rings. The molecule has 0 radical (unpaired) electrons. The van der Waals surface area contributed by atoms with Crippen LogP contribution in [0.25, 0.3) is 0 Å². The number of nitrogens with zero attached hydrogens (tertiary/aromatic N) is 2. The van der Waals surface area contributed by atoms with Gasteiger partial charge in [-0.2, -0.15) is 5.01 Å². The van der Waals surface area contributed by atoms with Crippen LogP contribution in [0.2, 0.25) is 0 Å². The van der Waals surface area contributed by atoms with Gasteiger partial charge in [-0.25, -0.2) is 9.59 Å². The van der Waals surface area contributed by atoms with Crippen molar-refractivity contribution in [3.8, 4) is 0 Å². The van der Waals surface area contributed by atoms with E-state index in [2.05, 4.69) is 21.1 Å². The Morgan fingerprint density at radius 1 is 0.800 bits per heavy atom. The van der Waals surface area contributed by atoms with Crippen LogP contribution in [0.15, 0.2) is 65.8 Å². The molecule has 1 spiro atoms. The number of carbonyl (C=O) groups is 2. The first kappa shape index (κ1) is 20.3. The number of rotatable bonds is 2. The van der Waals surface area contributed by atoms with Crippen LogP contribution in [0.5, 0.6) is 0 Å². The van der Waals surface area contributed by atoms with E-state index >= 15 is 0 Å². The Labute approximate surface area is 180 Å². The molecule has 4 rings (SSSR count). The third-order valence-electron chi connectivity index (χ3n) is 5.22. The van der Waals surface area contributed by atoms with Crippen LogP contribution >= 0.6 is 11.8 Å². The highest BCUT2D eigenvalue weighted by atomic mass is 32.2. The number of hydrogen-bond donors (Lipinski definition) is 3. The van der Waals surface area contributed by atoms with Crippen molar-refractivity contribution in [2.45, 2.75) is 43.4 Å². The number of carbonyl (C=O) groups excluding carboxylic acids is 2. The van der Waals surface area contributed by atoms with Crippen LogP contribution in [0.3, 0.4) is 0 Å². The van der Waals surface area contributed by atoms with E-state index in [0.29, 0.717) is 10.9 Å². The minimum Gasteiger partial charge on any atom is -0.308 e. The van der Waals surface area contributed by atoms with Crippen molar-refractivity contribution in [3.63, 3.8) is 0 Å². The minimum absolute atomic E-state index is 0.282. The van der Waals surface area contributed by atoms with E-state index in [1.807, 2.05) is 60.7 Å². The van der Waals surface area contributed by atoms with Crippen LogP contribution in [-0.2, 0) is 0 Å². The van der Waals surface area contributed by atoms with Gasteiger partial charge in [0.15, 0.2) is 5.17 Å². The molecule has 0 saturated heterocycles. The van der Waals surface area contributed by atoms with Crippen molar-refractivity contribution >= 4 is 40.4 Å². The largest absolute Gasteiger partial charge is 0.343 e. The van der Waals surface area contributed by atoms with E-state index in [1.165, 1.54) is 16.8 Å². The Morgan fingerprint density at radius 2 is 1.37 bits per heavy atom. The number of amidine groups is 1. The molecule has 1 heterocycles. The van der Waals surface area contributed by atoms with Crippen LogP contribution in [-0.4, -0.2) is 27.1 Å². The highest BCUT2D eigenvalue weighted by Crippen LogP contribution is 2.46. The van der Waals surface area contributed by atoms with Gasteiger partial charge in [0.25, 0.3) is 0 Å². The fourth-order valence-electron chi connectivity index (χ4n) is 3.78. The van der Waals surface area contributed by atoms with Crippen molar-refractivity contribution in [2.75, 3.05) is 10.6 Å². The van der Waals surface area contributed by atoms with Gasteiger partial charge in [0.1, 0.15) is 4.87 Å². The van der Waals surface area contributed by atoms with E-state index in [0.717, 1.165) is 44.2 Å². The van der Waals surface area contributed by atoms with Gasteiger partial charge >= 0.3 is 12.1 Å². The monoisotopic (exact) mass is 423 g/mol. The minimum atomic E-state index is -0.468. The number of amides is 4. The number of anilines is 2. The number of benzene rings is 2. The van der Waals surface area contributed by atoms with Gasteiger partial charge < -0.3 is 10.6 Å². The Hall–Kier alpha value is -3.00. The standard InChI is InChI=1S/C22H25N5O2S/c28-19(23-17-11-5-3-6-12-17)25-20-26-27(21(29)24-18-13-7-4-8-14-18)22(30-20)15-9-1-2-10-16-22/h3-8,11-14H,1-2,9-10,15-16H2,(H,24,29)(H2,23,25,26,28). The molecule has 0 bridgehead atoms. The van der Waals surface area contributed by atoms with Crippen LogP contribution in [0, 0.1) is 0 Å². The predicted octanol–water partition coefficient (Wildman–Crippen LogP) is 5.41. The highest BCUT2D eigenvalue weighted by Gasteiger charge is 2.47. The molecule has 2 aromatic carbocycles. The van der Waals surface area contributed by atoms with Crippen molar-refractivity contribution in [1.29, 1.82) is 0 Å². The van der Waals surface area contributed by atoms with Crippen LogP contribution in [0.4, 0.5) is 21.0 Å². The summed E-state index contributed by atoms with van der Waals surface area (Å²) in [6, 6.07) is 17.9. The summed E-state index contributed by atoms with van der Waals surface area (Å²) in [6.07, 6.45) is 6.04. The van der Waals surface area contributed by atoms with Crippen molar-refractivity contribution in [2.24, 2.45) is 5.10 Å². The zero-order chi connectivity index (χ0) is 20.8. The molecule has 1 fully saturated rings. The molecule has 1 aliphatic carbocycles. The average Bonchev–Trinajstić information content (AvgIpc) is 2.92. The highest BCUT2D eigenvalue weighted by molar-refractivity contribution is 8.15. The fraction of sp³-hybridized carbons (Fsp3) is 0.318. The maximum Gasteiger partial charge on any atom is 0.343 e. The molecule has 2 aromatic rings. The van der Waals surface area contributed by atoms with Gasteiger partial charge in [-0.3, -0.25) is 5.32 Å². The summed E-state index contributed by atoms with van der Waals surface area (Å²) >= 11 is 1.48. The molecule has 1 saturated carbocycles. The Morgan fingerprint density at radius 3 is 1.97 bits per heavy atom.